The molecule has 26 heavy (non-hydrogen) atoms. The lowest BCUT2D eigenvalue weighted by atomic mass is 10.1. The third-order valence-electron chi connectivity index (χ3n) is 5.12. The minimum atomic E-state index is -0.756. The Hall–Kier alpha value is -2.37. The largest absolute Gasteiger partial charge is 0.444 e. The van der Waals surface area contributed by atoms with Gasteiger partial charge in [-0.2, -0.15) is 0 Å². The van der Waals surface area contributed by atoms with E-state index < -0.39 is 12.1 Å². The Balaban J connectivity index is 1.58. The molecule has 1 aliphatic heterocycles. The summed E-state index contributed by atoms with van der Waals surface area (Å²) in [6, 6.07) is 8.66. The molecule has 1 saturated heterocycles. The van der Waals surface area contributed by atoms with Crippen LogP contribution in [-0.4, -0.2) is 34.9 Å². The number of ether oxygens (including phenoxy) is 1. The maximum absolute atomic E-state index is 12.6. The van der Waals surface area contributed by atoms with Crippen molar-refractivity contribution in [3.63, 3.8) is 0 Å². The Morgan fingerprint density at radius 3 is 2.42 bits per heavy atom. The molecule has 0 aromatic heterocycles. The Labute approximate surface area is 153 Å². The number of carbonyl (C=O) groups is 3. The van der Waals surface area contributed by atoms with Gasteiger partial charge in [0.05, 0.1) is 0 Å². The molecule has 0 radical (unpaired) electrons. The van der Waals surface area contributed by atoms with Gasteiger partial charge in [0.15, 0.2) is 0 Å². The molecular weight excluding hydrogens is 332 g/mol. The molecule has 6 heteroatoms. The predicted molar refractivity (Wildman–Crippen MR) is 96.1 cm³/mol. The number of amides is 3. The van der Waals surface area contributed by atoms with Crippen molar-refractivity contribution in [2.45, 2.75) is 70.1 Å². The van der Waals surface area contributed by atoms with Crippen LogP contribution in [0.15, 0.2) is 30.3 Å². The minimum absolute atomic E-state index is 0.0837. The van der Waals surface area contributed by atoms with E-state index >= 15 is 0 Å². The van der Waals surface area contributed by atoms with Crippen LogP contribution in [0.1, 0.15) is 56.9 Å². The van der Waals surface area contributed by atoms with Crippen LogP contribution in [-0.2, 0) is 20.9 Å². The Kier molecular flexibility index (Phi) is 6.26. The molecule has 2 fully saturated rings. The quantitative estimate of drug-likeness (QED) is 0.839. The number of carbonyl (C=O) groups excluding carboxylic acids is 3. The fourth-order valence-electron chi connectivity index (χ4n) is 3.67. The first-order valence-electron chi connectivity index (χ1n) is 9.48. The molecule has 0 unspecified atom stereocenters. The zero-order valence-corrected chi connectivity index (χ0v) is 15.0. The maximum Gasteiger partial charge on any atom is 0.417 e. The molecule has 3 rings (SSSR count). The Bertz CT molecular complexity index is 638. The molecule has 1 aromatic carbocycles. The van der Waals surface area contributed by atoms with Gasteiger partial charge in [-0.1, -0.05) is 56.0 Å². The van der Waals surface area contributed by atoms with Gasteiger partial charge in [-0.05, 0) is 24.8 Å². The van der Waals surface area contributed by atoms with E-state index in [1.165, 1.54) is 12.8 Å². The number of nitrogens with zero attached hydrogens (tertiary/aromatic N) is 1. The highest BCUT2D eigenvalue weighted by Gasteiger charge is 2.41. The monoisotopic (exact) mass is 358 g/mol. The van der Waals surface area contributed by atoms with E-state index in [0.29, 0.717) is 6.42 Å². The van der Waals surface area contributed by atoms with Crippen LogP contribution >= 0.6 is 0 Å². The van der Waals surface area contributed by atoms with Crippen molar-refractivity contribution in [3.05, 3.63) is 35.9 Å². The summed E-state index contributed by atoms with van der Waals surface area (Å²) < 4.78 is 5.26. The first-order chi connectivity index (χ1) is 12.6. The summed E-state index contributed by atoms with van der Waals surface area (Å²) in [5.74, 6) is -0.580. The second kappa shape index (κ2) is 8.83. The highest BCUT2D eigenvalue weighted by atomic mass is 16.6. The summed E-state index contributed by atoms with van der Waals surface area (Å²) in [5, 5.41) is 3.04. The van der Waals surface area contributed by atoms with E-state index in [0.717, 1.165) is 36.1 Å². The van der Waals surface area contributed by atoms with Gasteiger partial charge < -0.3 is 10.1 Å². The van der Waals surface area contributed by atoms with Gasteiger partial charge in [0.1, 0.15) is 12.6 Å². The van der Waals surface area contributed by atoms with Gasteiger partial charge in [-0.3, -0.25) is 9.59 Å². The highest BCUT2D eigenvalue weighted by Crippen LogP contribution is 2.22. The smallest absolute Gasteiger partial charge is 0.417 e. The van der Waals surface area contributed by atoms with E-state index in [-0.39, 0.29) is 30.9 Å². The molecule has 1 heterocycles. The number of rotatable bonds is 4. The molecule has 0 spiro atoms. The third-order valence-corrected chi connectivity index (χ3v) is 5.12. The van der Waals surface area contributed by atoms with Crippen molar-refractivity contribution >= 4 is 17.9 Å². The van der Waals surface area contributed by atoms with E-state index in [1.807, 2.05) is 30.3 Å². The first kappa shape index (κ1) is 18.4. The molecule has 1 aromatic rings. The molecule has 140 valence electrons. The van der Waals surface area contributed by atoms with Crippen molar-refractivity contribution in [3.8, 4) is 0 Å². The highest BCUT2D eigenvalue weighted by molar-refractivity contribution is 6.00. The average molecular weight is 358 g/mol. The van der Waals surface area contributed by atoms with Crippen LogP contribution < -0.4 is 5.32 Å². The summed E-state index contributed by atoms with van der Waals surface area (Å²) in [4.78, 5) is 38.2. The number of hydrogen-bond acceptors (Lipinski definition) is 4. The molecule has 1 N–H and O–H groups in total. The fraction of sp³-hybridized carbons (Fsp3) is 0.550. The number of nitrogens with one attached hydrogen (secondary N) is 1. The van der Waals surface area contributed by atoms with Crippen molar-refractivity contribution in [1.82, 2.24) is 10.2 Å². The van der Waals surface area contributed by atoms with Crippen molar-refractivity contribution in [2.75, 3.05) is 0 Å². The Morgan fingerprint density at radius 2 is 1.73 bits per heavy atom. The molecule has 2 aliphatic rings. The van der Waals surface area contributed by atoms with Crippen molar-refractivity contribution in [2.24, 2.45) is 0 Å². The summed E-state index contributed by atoms with van der Waals surface area (Å²) in [7, 11) is 0. The second-order valence-electron chi connectivity index (χ2n) is 7.06. The fourth-order valence-corrected chi connectivity index (χ4v) is 3.67. The molecule has 6 nitrogen and oxygen atoms in total. The summed E-state index contributed by atoms with van der Waals surface area (Å²) in [6.45, 7) is 0.0837. The van der Waals surface area contributed by atoms with Crippen molar-refractivity contribution < 1.29 is 19.1 Å². The van der Waals surface area contributed by atoms with E-state index in [9.17, 15) is 14.4 Å². The topological polar surface area (TPSA) is 75.7 Å². The van der Waals surface area contributed by atoms with Crippen LogP contribution in [0, 0.1) is 0 Å². The van der Waals surface area contributed by atoms with Gasteiger partial charge >= 0.3 is 6.09 Å². The molecule has 3 amide bonds. The van der Waals surface area contributed by atoms with E-state index in [1.54, 1.807) is 0 Å². The van der Waals surface area contributed by atoms with Crippen LogP contribution in [0.4, 0.5) is 4.79 Å². The van der Waals surface area contributed by atoms with Crippen LogP contribution in [0.2, 0.25) is 0 Å². The number of imide groups is 1. The summed E-state index contributed by atoms with van der Waals surface area (Å²) in [5.41, 5.74) is 0.840. The number of hydrogen-bond donors (Lipinski definition) is 1. The molecule has 1 aliphatic carbocycles. The predicted octanol–water partition coefficient (Wildman–Crippen LogP) is 3.15. The Morgan fingerprint density at radius 1 is 1.04 bits per heavy atom. The SMILES string of the molecule is O=C(NC1CCCCCC1)[C@H]1CCC(=O)N1C(=O)OCc1ccccc1. The molecule has 1 saturated carbocycles. The lowest BCUT2D eigenvalue weighted by Crippen LogP contribution is -2.50. The van der Waals surface area contributed by atoms with Gasteiger partial charge in [0.2, 0.25) is 11.8 Å². The zero-order valence-electron chi connectivity index (χ0n) is 15.0. The molecule has 0 bridgehead atoms. The van der Waals surface area contributed by atoms with Crippen LogP contribution in [0.5, 0.6) is 0 Å². The third kappa shape index (κ3) is 4.62. The summed E-state index contributed by atoms with van der Waals surface area (Å²) in [6.07, 6.45) is 6.36. The van der Waals surface area contributed by atoms with Gasteiger partial charge in [0, 0.05) is 12.5 Å². The average Bonchev–Trinajstić information content (AvgIpc) is 2.86. The van der Waals surface area contributed by atoms with Gasteiger partial charge in [-0.15, -0.1) is 0 Å². The lowest BCUT2D eigenvalue weighted by molar-refractivity contribution is -0.134. The van der Waals surface area contributed by atoms with Crippen LogP contribution in [0.25, 0.3) is 0 Å². The number of benzene rings is 1. The summed E-state index contributed by atoms with van der Waals surface area (Å²) >= 11 is 0. The first-order valence-corrected chi connectivity index (χ1v) is 9.48. The zero-order chi connectivity index (χ0) is 18.4. The van der Waals surface area contributed by atoms with E-state index in [4.69, 9.17) is 4.74 Å². The number of likely N-dealkylation sites (tertiary alicyclic amines) is 1. The second-order valence-corrected chi connectivity index (χ2v) is 7.06. The van der Waals surface area contributed by atoms with Crippen molar-refractivity contribution in [1.29, 1.82) is 0 Å². The molecule has 1 atom stereocenters. The lowest BCUT2D eigenvalue weighted by Gasteiger charge is -2.24. The normalized spacial score (nSPS) is 21.3. The van der Waals surface area contributed by atoms with Gasteiger partial charge in [-0.25, -0.2) is 9.69 Å². The standard InChI is InChI=1S/C20H26N2O4/c23-18-13-12-17(19(24)21-16-10-6-1-2-7-11-16)22(18)20(25)26-14-15-8-4-3-5-9-15/h3-5,8-9,16-17H,1-2,6-7,10-14H2,(H,21,24)/t17-/m1/s1. The minimum Gasteiger partial charge on any atom is -0.444 e. The molecular formula is C20H26N2O4. The van der Waals surface area contributed by atoms with E-state index in [2.05, 4.69) is 5.32 Å². The van der Waals surface area contributed by atoms with Crippen LogP contribution in [0.3, 0.4) is 0 Å². The van der Waals surface area contributed by atoms with Gasteiger partial charge in [0.25, 0.3) is 0 Å². The maximum atomic E-state index is 12.6.